The Morgan fingerprint density at radius 1 is 1.24 bits per heavy atom. The summed E-state index contributed by atoms with van der Waals surface area (Å²) in [7, 11) is -0.220. The fourth-order valence-corrected chi connectivity index (χ4v) is 2.26. The van der Waals surface area contributed by atoms with Crippen LogP contribution in [0.2, 0.25) is 0 Å². The lowest BCUT2D eigenvalue weighted by Crippen LogP contribution is -2.13. The van der Waals surface area contributed by atoms with Crippen LogP contribution in [0, 0.1) is 5.41 Å². The molecule has 94 valence electrons. The Morgan fingerprint density at radius 3 is 2.41 bits per heavy atom. The number of hydrogen-bond donors (Lipinski definition) is 0. The second kappa shape index (κ2) is 6.88. The van der Waals surface area contributed by atoms with E-state index >= 15 is 0 Å². The van der Waals surface area contributed by atoms with Gasteiger partial charge in [0.25, 0.3) is 0 Å². The Hall–Kier alpha value is -0.720. The molecular weight excluding hydrogens is 231 g/mol. The van der Waals surface area contributed by atoms with Crippen molar-refractivity contribution in [2.45, 2.75) is 39.5 Å². The normalized spacial score (nSPS) is 13.8. The summed E-state index contributed by atoms with van der Waals surface area (Å²) in [5.41, 5.74) is 1.63. The van der Waals surface area contributed by atoms with Crippen LogP contribution in [-0.2, 0) is 9.09 Å². The Labute approximate surface area is 106 Å². The van der Waals surface area contributed by atoms with Crippen LogP contribution in [0.15, 0.2) is 30.3 Å². The minimum atomic E-state index is -0.220. The molecule has 0 bridgehead atoms. The molecule has 0 heterocycles. The fraction of sp³-hybridized carbons (Fsp3) is 0.571. The van der Waals surface area contributed by atoms with Gasteiger partial charge in [0.2, 0.25) is 0 Å². The number of hydrogen-bond acceptors (Lipinski definition) is 2. The molecule has 17 heavy (non-hydrogen) atoms. The quantitative estimate of drug-likeness (QED) is 0.536. The lowest BCUT2D eigenvalue weighted by molar-refractivity contribution is 0.279. The highest BCUT2D eigenvalue weighted by molar-refractivity contribution is 7.17. The highest BCUT2D eigenvalue weighted by atomic mass is 31.1. The molecule has 1 unspecified atom stereocenters. The van der Waals surface area contributed by atoms with Gasteiger partial charge in [-0.25, -0.2) is 4.57 Å². The molecule has 0 spiro atoms. The maximum absolute atomic E-state index is 10.3. The third-order valence-electron chi connectivity index (χ3n) is 2.74. The lowest BCUT2D eigenvalue weighted by atomic mass is 9.80. The van der Waals surface area contributed by atoms with E-state index in [0.29, 0.717) is 12.5 Å². The molecule has 0 aromatic heterocycles. The Morgan fingerprint density at radius 2 is 1.88 bits per heavy atom. The van der Waals surface area contributed by atoms with E-state index < -0.39 is 0 Å². The van der Waals surface area contributed by atoms with Gasteiger partial charge in [-0.05, 0) is 29.7 Å². The molecule has 0 saturated heterocycles. The zero-order valence-corrected chi connectivity index (χ0v) is 11.7. The van der Waals surface area contributed by atoms with Crippen LogP contribution in [0.1, 0.15) is 45.1 Å². The molecule has 1 atom stereocenters. The highest BCUT2D eigenvalue weighted by Crippen LogP contribution is 2.33. The molecule has 1 aromatic carbocycles. The van der Waals surface area contributed by atoms with Gasteiger partial charge in [0.1, 0.15) is 0 Å². The molecule has 0 aliphatic heterocycles. The molecule has 0 saturated carbocycles. The fourth-order valence-electron chi connectivity index (χ4n) is 2.08. The van der Waals surface area contributed by atoms with E-state index in [1.165, 1.54) is 5.56 Å². The van der Waals surface area contributed by atoms with Crippen molar-refractivity contribution in [2.75, 3.05) is 6.61 Å². The summed E-state index contributed by atoms with van der Waals surface area (Å²) < 4.78 is 15.2. The van der Waals surface area contributed by atoms with Crippen molar-refractivity contribution < 1.29 is 9.09 Å². The van der Waals surface area contributed by atoms with Crippen molar-refractivity contribution in [3.05, 3.63) is 35.9 Å². The van der Waals surface area contributed by atoms with Gasteiger partial charge in [0, 0.05) is 0 Å². The Balaban J connectivity index is 2.68. The summed E-state index contributed by atoms with van der Waals surface area (Å²) in [5, 5.41) is 0. The van der Waals surface area contributed by atoms with Crippen molar-refractivity contribution in [3.8, 4) is 0 Å². The van der Waals surface area contributed by atoms with E-state index in [-0.39, 0.29) is 14.1 Å². The predicted molar refractivity (Wildman–Crippen MR) is 71.4 cm³/mol. The highest BCUT2D eigenvalue weighted by Gasteiger charge is 2.20. The second-order valence-corrected chi connectivity index (χ2v) is 5.98. The zero-order chi connectivity index (χ0) is 12.7. The van der Waals surface area contributed by atoms with Crippen LogP contribution < -0.4 is 0 Å². The predicted octanol–water partition coefficient (Wildman–Crippen LogP) is 4.82. The van der Waals surface area contributed by atoms with Crippen LogP contribution >= 0.6 is 8.69 Å². The molecule has 1 aromatic rings. The largest absolute Gasteiger partial charge is 0.327 e. The first kappa shape index (κ1) is 14.3. The molecule has 3 heteroatoms. The average molecular weight is 252 g/mol. The van der Waals surface area contributed by atoms with Gasteiger partial charge in [0.05, 0.1) is 6.61 Å². The molecule has 0 fully saturated rings. The second-order valence-electron chi connectivity index (χ2n) is 5.57. The summed E-state index contributed by atoms with van der Waals surface area (Å²) in [6, 6.07) is 10.5. The maximum Gasteiger partial charge on any atom is 0.327 e. The summed E-state index contributed by atoms with van der Waals surface area (Å²) in [6.45, 7) is 7.28. The van der Waals surface area contributed by atoms with Crippen molar-refractivity contribution in [1.29, 1.82) is 0 Å². The van der Waals surface area contributed by atoms with Crippen molar-refractivity contribution in [2.24, 2.45) is 5.41 Å². The van der Waals surface area contributed by atoms with Gasteiger partial charge in [-0.2, -0.15) is 0 Å². The molecule has 0 aliphatic carbocycles. The van der Waals surface area contributed by atoms with Gasteiger partial charge in [0.15, 0.2) is 0 Å². The first-order valence-corrected chi connectivity index (χ1v) is 6.75. The van der Waals surface area contributed by atoms with Crippen molar-refractivity contribution >= 4 is 8.69 Å². The first-order valence-electron chi connectivity index (χ1n) is 6.02. The van der Waals surface area contributed by atoms with E-state index in [1.807, 2.05) is 6.07 Å². The topological polar surface area (TPSA) is 26.3 Å². The molecule has 0 amide bonds. The summed E-state index contributed by atoms with van der Waals surface area (Å²) in [5.74, 6) is 0.470. The number of rotatable bonds is 6. The Kier molecular flexibility index (Phi) is 5.80. The van der Waals surface area contributed by atoms with E-state index in [0.717, 1.165) is 12.8 Å². The summed E-state index contributed by atoms with van der Waals surface area (Å²) >= 11 is 0. The minimum absolute atomic E-state index is 0.220. The van der Waals surface area contributed by atoms with Crippen molar-refractivity contribution in [1.82, 2.24) is 0 Å². The zero-order valence-electron chi connectivity index (χ0n) is 10.8. The van der Waals surface area contributed by atoms with E-state index in [4.69, 9.17) is 4.52 Å². The molecule has 2 nitrogen and oxygen atoms in total. The van der Waals surface area contributed by atoms with Crippen LogP contribution in [-0.4, -0.2) is 6.61 Å². The molecule has 1 rings (SSSR count). The monoisotopic (exact) mass is 252 g/mol. The van der Waals surface area contributed by atoms with Gasteiger partial charge in [-0.3, -0.25) is 4.52 Å². The average Bonchev–Trinajstić information content (AvgIpc) is 2.28. The number of benzene rings is 1. The standard InChI is InChI=1S/C14H21O2P/c1-14(2,3)11-13(9-10-16-17-15)12-7-5-4-6-8-12/h4-8,13H,9-11H2,1-3H3. The van der Waals surface area contributed by atoms with Crippen LogP contribution in [0.3, 0.4) is 0 Å². The van der Waals surface area contributed by atoms with E-state index in [9.17, 15) is 4.57 Å². The summed E-state index contributed by atoms with van der Waals surface area (Å²) in [4.78, 5) is 0. The first-order chi connectivity index (χ1) is 8.03. The third kappa shape index (κ3) is 5.95. The Bertz CT molecular complexity index is 330. The van der Waals surface area contributed by atoms with Gasteiger partial charge in [-0.1, -0.05) is 51.1 Å². The minimum Gasteiger partial charge on any atom is -0.294 e. The van der Waals surface area contributed by atoms with Crippen molar-refractivity contribution in [3.63, 3.8) is 0 Å². The van der Waals surface area contributed by atoms with E-state index in [1.54, 1.807) is 0 Å². The smallest absolute Gasteiger partial charge is 0.294 e. The molecule has 0 N–H and O–H groups in total. The van der Waals surface area contributed by atoms with Gasteiger partial charge >= 0.3 is 8.69 Å². The third-order valence-corrected chi connectivity index (χ3v) is 3.03. The van der Waals surface area contributed by atoms with Crippen LogP contribution in [0.25, 0.3) is 0 Å². The molecular formula is C14H21O2P. The van der Waals surface area contributed by atoms with Gasteiger partial charge < -0.3 is 0 Å². The molecule has 0 aliphatic rings. The van der Waals surface area contributed by atoms with Gasteiger partial charge in [-0.15, -0.1) is 0 Å². The maximum atomic E-state index is 10.3. The van der Waals surface area contributed by atoms with Crippen LogP contribution in [0.5, 0.6) is 0 Å². The lowest BCUT2D eigenvalue weighted by Gasteiger charge is -2.26. The van der Waals surface area contributed by atoms with Crippen LogP contribution in [0.4, 0.5) is 0 Å². The molecule has 0 radical (unpaired) electrons. The SMILES string of the molecule is CC(C)(C)CC(CCOP=O)c1ccccc1. The summed E-state index contributed by atoms with van der Waals surface area (Å²) in [6.07, 6.45) is 2.02. The van der Waals surface area contributed by atoms with E-state index in [2.05, 4.69) is 45.0 Å².